The van der Waals surface area contributed by atoms with Crippen molar-refractivity contribution in [2.75, 3.05) is 16.8 Å². The summed E-state index contributed by atoms with van der Waals surface area (Å²) < 4.78 is 11.3. The molecule has 0 amide bonds. The molecule has 1 saturated heterocycles. The second-order valence-electron chi connectivity index (χ2n) is 4.63. The lowest BCUT2D eigenvalue weighted by Crippen LogP contribution is -2.30. The molecule has 5 heteroatoms. The van der Waals surface area contributed by atoms with Crippen LogP contribution in [0, 0.1) is 6.92 Å². The van der Waals surface area contributed by atoms with E-state index in [2.05, 4.69) is 5.32 Å². The number of nitrogens with one attached hydrogen (secondary N) is 1. The number of nitrogens with two attached hydrogens (primary N) is 1. The van der Waals surface area contributed by atoms with Gasteiger partial charge in [0, 0.05) is 39.6 Å². The van der Waals surface area contributed by atoms with Gasteiger partial charge in [-0.05, 0) is 31.4 Å². The lowest BCUT2D eigenvalue weighted by Gasteiger charge is -2.25. The Morgan fingerprint density at radius 2 is 2.11 bits per heavy atom. The first-order chi connectivity index (χ1) is 8.58. The maximum atomic E-state index is 11.3. The highest BCUT2D eigenvalue weighted by Gasteiger charge is 2.19. The van der Waals surface area contributed by atoms with Crippen molar-refractivity contribution < 1.29 is 4.21 Å². The van der Waals surface area contributed by atoms with Gasteiger partial charge in [-0.2, -0.15) is 0 Å². The number of benzene rings is 1. The quantitative estimate of drug-likeness (QED) is 0.832. The van der Waals surface area contributed by atoms with Crippen LogP contribution >= 0.6 is 12.2 Å². The molecule has 0 aromatic heterocycles. The predicted octanol–water partition coefficient (Wildman–Crippen LogP) is 1.95. The van der Waals surface area contributed by atoms with Crippen molar-refractivity contribution in [3.8, 4) is 0 Å². The van der Waals surface area contributed by atoms with Crippen molar-refractivity contribution in [3.63, 3.8) is 0 Å². The summed E-state index contributed by atoms with van der Waals surface area (Å²) in [5.74, 6) is 1.57. The fourth-order valence-electron chi connectivity index (χ4n) is 2.21. The fraction of sp³-hybridized carbons (Fsp3) is 0.462. The minimum absolute atomic E-state index is 0.372. The van der Waals surface area contributed by atoms with E-state index in [1.807, 2.05) is 25.1 Å². The molecule has 18 heavy (non-hydrogen) atoms. The van der Waals surface area contributed by atoms with Crippen LogP contribution in [-0.4, -0.2) is 26.7 Å². The van der Waals surface area contributed by atoms with E-state index in [0.717, 1.165) is 41.2 Å². The molecule has 1 aromatic carbocycles. The Kier molecular flexibility index (Phi) is 4.35. The lowest BCUT2D eigenvalue weighted by atomic mass is 10.1. The Labute approximate surface area is 116 Å². The third-order valence-electron chi connectivity index (χ3n) is 3.27. The molecule has 1 heterocycles. The van der Waals surface area contributed by atoms with E-state index in [9.17, 15) is 4.21 Å². The van der Waals surface area contributed by atoms with E-state index in [1.54, 1.807) is 0 Å². The smallest absolute Gasteiger partial charge is 0.106 e. The van der Waals surface area contributed by atoms with Crippen molar-refractivity contribution in [2.24, 2.45) is 5.73 Å². The van der Waals surface area contributed by atoms with Crippen LogP contribution in [0.2, 0.25) is 0 Å². The monoisotopic (exact) mass is 282 g/mol. The maximum Gasteiger partial charge on any atom is 0.106 e. The SMILES string of the molecule is Cc1cccc(C(N)=S)c1NC1CCS(=O)CC1. The zero-order valence-corrected chi connectivity index (χ0v) is 12.1. The van der Waals surface area contributed by atoms with E-state index in [4.69, 9.17) is 18.0 Å². The van der Waals surface area contributed by atoms with Crippen molar-refractivity contribution in [1.82, 2.24) is 0 Å². The number of aryl methyl sites for hydroxylation is 1. The van der Waals surface area contributed by atoms with Crippen molar-refractivity contribution in [2.45, 2.75) is 25.8 Å². The lowest BCUT2D eigenvalue weighted by molar-refractivity contribution is 0.624. The van der Waals surface area contributed by atoms with Crippen LogP contribution < -0.4 is 11.1 Å². The molecular formula is C13H18N2OS2. The first-order valence-electron chi connectivity index (χ1n) is 6.09. The van der Waals surface area contributed by atoms with Gasteiger partial charge in [0.2, 0.25) is 0 Å². The number of anilines is 1. The van der Waals surface area contributed by atoms with Crippen LogP contribution in [-0.2, 0) is 10.8 Å². The van der Waals surface area contributed by atoms with Gasteiger partial charge < -0.3 is 11.1 Å². The minimum Gasteiger partial charge on any atom is -0.389 e. The van der Waals surface area contributed by atoms with E-state index >= 15 is 0 Å². The molecule has 3 nitrogen and oxygen atoms in total. The Bertz CT molecular complexity index is 478. The molecule has 1 aliphatic rings. The molecule has 2 rings (SSSR count). The molecule has 98 valence electrons. The molecule has 0 aliphatic carbocycles. The van der Waals surface area contributed by atoms with Gasteiger partial charge >= 0.3 is 0 Å². The highest BCUT2D eigenvalue weighted by atomic mass is 32.2. The van der Waals surface area contributed by atoms with Gasteiger partial charge in [0.05, 0.1) is 0 Å². The molecule has 1 aromatic rings. The summed E-state index contributed by atoms with van der Waals surface area (Å²) in [6.07, 6.45) is 1.88. The Balaban J connectivity index is 2.18. The topological polar surface area (TPSA) is 55.1 Å². The second kappa shape index (κ2) is 5.80. The molecule has 0 atom stereocenters. The number of rotatable bonds is 3. The molecule has 1 aliphatic heterocycles. The van der Waals surface area contributed by atoms with Crippen molar-refractivity contribution >= 4 is 33.7 Å². The van der Waals surface area contributed by atoms with Gasteiger partial charge in [-0.25, -0.2) is 0 Å². The molecule has 0 spiro atoms. The normalized spacial score (nSPS) is 23.6. The van der Waals surface area contributed by atoms with E-state index in [0.29, 0.717) is 11.0 Å². The van der Waals surface area contributed by atoms with Crippen LogP contribution in [0.15, 0.2) is 18.2 Å². The first-order valence-corrected chi connectivity index (χ1v) is 7.98. The molecule has 0 saturated carbocycles. The average molecular weight is 282 g/mol. The summed E-state index contributed by atoms with van der Waals surface area (Å²) in [5.41, 5.74) is 8.83. The van der Waals surface area contributed by atoms with Crippen LogP contribution in [0.5, 0.6) is 0 Å². The number of hydrogen-bond acceptors (Lipinski definition) is 3. The summed E-state index contributed by atoms with van der Waals surface area (Å²) in [6.45, 7) is 2.05. The molecular weight excluding hydrogens is 264 g/mol. The van der Waals surface area contributed by atoms with Crippen molar-refractivity contribution in [1.29, 1.82) is 0 Å². The number of hydrogen-bond donors (Lipinski definition) is 2. The predicted molar refractivity (Wildman–Crippen MR) is 81.6 cm³/mol. The standard InChI is InChI=1S/C13H18N2OS2/c1-9-3-2-4-11(13(14)17)12(9)15-10-5-7-18(16)8-6-10/h2-4,10,15H,5-8H2,1H3,(H2,14,17). The zero-order chi connectivity index (χ0) is 13.1. The molecule has 0 unspecified atom stereocenters. The van der Waals surface area contributed by atoms with Crippen LogP contribution in [0.3, 0.4) is 0 Å². The van der Waals surface area contributed by atoms with Crippen LogP contribution in [0.1, 0.15) is 24.0 Å². The molecule has 3 N–H and O–H groups in total. The van der Waals surface area contributed by atoms with E-state index in [1.165, 1.54) is 0 Å². The Hall–Kier alpha value is -0.940. The molecule has 1 fully saturated rings. The largest absolute Gasteiger partial charge is 0.389 e. The van der Waals surface area contributed by atoms with Crippen molar-refractivity contribution in [3.05, 3.63) is 29.3 Å². The average Bonchev–Trinajstić information content (AvgIpc) is 2.34. The van der Waals surface area contributed by atoms with Gasteiger partial charge in [-0.1, -0.05) is 24.4 Å². The summed E-state index contributed by atoms with van der Waals surface area (Å²) in [5, 5.41) is 3.52. The number of thiocarbonyl (C=S) groups is 1. The molecule has 0 bridgehead atoms. The highest BCUT2D eigenvalue weighted by Crippen LogP contribution is 2.24. The van der Waals surface area contributed by atoms with E-state index < -0.39 is 10.8 Å². The summed E-state index contributed by atoms with van der Waals surface area (Å²) >= 11 is 5.08. The summed E-state index contributed by atoms with van der Waals surface area (Å²) in [7, 11) is -0.629. The maximum absolute atomic E-state index is 11.3. The third-order valence-corrected chi connectivity index (χ3v) is 4.88. The van der Waals surface area contributed by atoms with Crippen LogP contribution in [0.4, 0.5) is 5.69 Å². The minimum atomic E-state index is -0.629. The van der Waals surface area contributed by atoms with Gasteiger partial charge in [-0.3, -0.25) is 4.21 Å². The van der Waals surface area contributed by atoms with E-state index in [-0.39, 0.29) is 0 Å². The first kappa shape index (κ1) is 13.5. The number of para-hydroxylation sites is 1. The highest BCUT2D eigenvalue weighted by molar-refractivity contribution is 7.85. The van der Waals surface area contributed by atoms with Gasteiger partial charge in [0.15, 0.2) is 0 Å². The Morgan fingerprint density at radius 3 is 2.72 bits per heavy atom. The zero-order valence-electron chi connectivity index (χ0n) is 10.4. The third kappa shape index (κ3) is 3.09. The Morgan fingerprint density at radius 1 is 1.44 bits per heavy atom. The fourth-order valence-corrected chi connectivity index (χ4v) is 3.68. The molecule has 0 radical (unpaired) electrons. The van der Waals surface area contributed by atoms with Gasteiger partial charge in [-0.15, -0.1) is 0 Å². The summed E-state index contributed by atoms with van der Waals surface area (Å²) in [6, 6.07) is 6.33. The van der Waals surface area contributed by atoms with Gasteiger partial charge in [0.1, 0.15) is 4.99 Å². The van der Waals surface area contributed by atoms with Crippen LogP contribution in [0.25, 0.3) is 0 Å². The second-order valence-corrected chi connectivity index (χ2v) is 6.76. The summed E-state index contributed by atoms with van der Waals surface area (Å²) in [4.78, 5) is 0.417. The van der Waals surface area contributed by atoms with Gasteiger partial charge in [0.25, 0.3) is 0 Å².